The molecule has 0 spiro atoms. The van der Waals surface area contributed by atoms with E-state index >= 15 is 0 Å². The Bertz CT molecular complexity index is 181. The molecule has 1 fully saturated rings. The second kappa shape index (κ2) is 5.86. The minimum absolute atomic E-state index is 0.259. The molecule has 2 N–H and O–H groups in total. The molecule has 0 aliphatic heterocycles. The summed E-state index contributed by atoms with van der Waals surface area (Å²) in [5, 5.41) is 13.0. The van der Waals surface area contributed by atoms with Crippen LogP contribution in [0, 0.1) is 17.8 Å². The maximum absolute atomic E-state index is 9.32. The minimum atomic E-state index is 0.259. The maximum Gasteiger partial charge on any atom is 0.0587 e. The van der Waals surface area contributed by atoms with Crippen LogP contribution in [0.4, 0.5) is 0 Å². The zero-order valence-corrected chi connectivity index (χ0v) is 10.7. The summed E-state index contributed by atoms with van der Waals surface area (Å²) in [7, 11) is 0. The first-order chi connectivity index (χ1) is 7.06. The van der Waals surface area contributed by atoms with Crippen LogP contribution >= 0.6 is 0 Å². The van der Waals surface area contributed by atoms with Crippen molar-refractivity contribution in [1.82, 2.24) is 5.32 Å². The fraction of sp³-hybridized carbons (Fsp3) is 1.00. The third-order valence-electron chi connectivity index (χ3n) is 4.14. The summed E-state index contributed by atoms with van der Waals surface area (Å²) < 4.78 is 0. The Labute approximate surface area is 94.5 Å². The number of aliphatic hydroxyl groups is 1. The van der Waals surface area contributed by atoms with E-state index in [1.165, 1.54) is 19.3 Å². The fourth-order valence-electron chi connectivity index (χ4n) is 2.55. The highest BCUT2D eigenvalue weighted by atomic mass is 16.3. The second-order valence-corrected chi connectivity index (χ2v) is 5.57. The Kier molecular flexibility index (Phi) is 5.07. The van der Waals surface area contributed by atoms with E-state index < -0.39 is 0 Å². The summed E-state index contributed by atoms with van der Waals surface area (Å²) >= 11 is 0. The van der Waals surface area contributed by atoms with Gasteiger partial charge in [-0.05, 0) is 24.2 Å². The zero-order chi connectivity index (χ0) is 11.4. The molecule has 2 heteroatoms. The summed E-state index contributed by atoms with van der Waals surface area (Å²) in [5.41, 5.74) is 0. The Balaban J connectivity index is 2.48. The summed E-state index contributed by atoms with van der Waals surface area (Å²) in [6.07, 6.45) is 3.97. The summed E-state index contributed by atoms with van der Waals surface area (Å²) in [6.45, 7) is 9.29. The molecule has 0 heterocycles. The van der Waals surface area contributed by atoms with Crippen LogP contribution in [0.5, 0.6) is 0 Å². The molecule has 90 valence electrons. The maximum atomic E-state index is 9.32. The van der Waals surface area contributed by atoms with Crippen LogP contribution in [-0.2, 0) is 0 Å². The Morgan fingerprint density at radius 3 is 2.47 bits per heavy atom. The zero-order valence-electron chi connectivity index (χ0n) is 10.7. The van der Waals surface area contributed by atoms with E-state index in [4.69, 9.17) is 0 Å². The van der Waals surface area contributed by atoms with Crippen molar-refractivity contribution in [3.63, 3.8) is 0 Å². The average molecular weight is 213 g/mol. The van der Waals surface area contributed by atoms with Crippen molar-refractivity contribution in [1.29, 1.82) is 0 Å². The van der Waals surface area contributed by atoms with Gasteiger partial charge in [-0.3, -0.25) is 0 Å². The van der Waals surface area contributed by atoms with Crippen molar-refractivity contribution in [3.05, 3.63) is 0 Å². The first-order valence-electron chi connectivity index (χ1n) is 6.43. The van der Waals surface area contributed by atoms with Crippen molar-refractivity contribution >= 4 is 0 Å². The van der Waals surface area contributed by atoms with Crippen LogP contribution in [0.15, 0.2) is 0 Å². The van der Waals surface area contributed by atoms with Crippen molar-refractivity contribution in [2.75, 3.05) is 6.61 Å². The van der Waals surface area contributed by atoms with E-state index in [2.05, 4.69) is 33.0 Å². The standard InChI is InChI=1S/C13H27NO/c1-9(2)13(8-15)14-12-7-5-6-10(3)11(12)4/h9-15H,5-8H2,1-4H3. The number of hydrogen-bond donors (Lipinski definition) is 2. The summed E-state index contributed by atoms with van der Waals surface area (Å²) in [4.78, 5) is 0. The van der Waals surface area contributed by atoms with Crippen LogP contribution < -0.4 is 5.32 Å². The lowest BCUT2D eigenvalue weighted by molar-refractivity contribution is 0.146. The van der Waals surface area contributed by atoms with Gasteiger partial charge in [0.05, 0.1) is 6.61 Å². The largest absolute Gasteiger partial charge is 0.395 e. The van der Waals surface area contributed by atoms with E-state index in [9.17, 15) is 5.11 Å². The highest BCUT2D eigenvalue weighted by Crippen LogP contribution is 2.30. The molecule has 0 bridgehead atoms. The molecule has 1 saturated carbocycles. The smallest absolute Gasteiger partial charge is 0.0587 e. The van der Waals surface area contributed by atoms with Crippen molar-refractivity contribution in [2.24, 2.45) is 17.8 Å². The highest BCUT2D eigenvalue weighted by molar-refractivity contribution is 4.85. The van der Waals surface area contributed by atoms with Gasteiger partial charge in [-0.1, -0.05) is 40.5 Å². The quantitative estimate of drug-likeness (QED) is 0.751. The average Bonchev–Trinajstić information content (AvgIpc) is 2.19. The molecule has 0 aromatic heterocycles. The van der Waals surface area contributed by atoms with Gasteiger partial charge in [0.1, 0.15) is 0 Å². The lowest BCUT2D eigenvalue weighted by Crippen LogP contribution is -2.49. The lowest BCUT2D eigenvalue weighted by Gasteiger charge is -2.37. The molecule has 1 aliphatic rings. The SMILES string of the molecule is CC(C)C(CO)NC1CCCC(C)C1C. The van der Waals surface area contributed by atoms with Crippen molar-refractivity contribution in [3.8, 4) is 0 Å². The molecule has 0 saturated heterocycles. The van der Waals surface area contributed by atoms with Crippen LogP contribution in [0.25, 0.3) is 0 Å². The summed E-state index contributed by atoms with van der Waals surface area (Å²) in [5.74, 6) is 2.08. The number of aliphatic hydroxyl groups excluding tert-OH is 1. The van der Waals surface area contributed by atoms with Gasteiger partial charge in [0, 0.05) is 12.1 Å². The van der Waals surface area contributed by atoms with Crippen LogP contribution in [0.1, 0.15) is 47.0 Å². The van der Waals surface area contributed by atoms with Crippen LogP contribution in [0.3, 0.4) is 0 Å². The number of nitrogens with one attached hydrogen (secondary N) is 1. The van der Waals surface area contributed by atoms with Gasteiger partial charge in [0.25, 0.3) is 0 Å². The van der Waals surface area contributed by atoms with Gasteiger partial charge in [-0.25, -0.2) is 0 Å². The Hall–Kier alpha value is -0.0800. The molecular formula is C13H27NO. The first kappa shape index (κ1) is 13.0. The topological polar surface area (TPSA) is 32.3 Å². The fourth-order valence-corrected chi connectivity index (χ4v) is 2.55. The third-order valence-corrected chi connectivity index (χ3v) is 4.14. The van der Waals surface area contributed by atoms with E-state index in [1.807, 2.05) is 0 Å². The number of hydrogen-bond acceptors (Lipinski definition) is 2. The van der Waals surface area contributed by atoms with Gasteiger partial charge in [0.2, 0.25) is 0 Å². The molecular weight excluding hydrogens is 186 g/mol. The highest BCUT2D eigenvalue weighted by Gasteiger charge is 2.28. The van der Waals surface area contributed by atoms with Gasteiger partial charge < -0.3 is 10.4 Å². The Morgan fingerprint density at radius 1 is 1.27 bits per heavy atom. The van der Waals surface area contributed by atoms with E-state index in [1.54, 1.807) is 0 Å². The van der Waals surface area contributed by atoms with E-state index in [-0.39, 0.29) is 12.6 Å². The molecule has 1 aliphatic carbocycles. The molecule has 0 amide bonds. The third kappa shape index (κ3) is 3.46. The number of rotatable bonds is 4. The van der Waals surface area contributed by atoms with Gasteiger partial charge in [-0.15, -0.1) is 0 Å². The molecule has 0 aromatic carbocycles. The monoisotopic (exact) mass is 213 g/mol. The Morgan fingerprint density at radius 2 is 1.93 bits per heavy atom. The molecule has 0 aromatic rings. The van der Waals surface area contributed by atoms with E-state index in [0.29, 0.717) is 12.0 Å². The van der Waals surface area contributed by atoms with Crippen LogP contribution in [-0.4, -0.2) is 23.8 Å². The van der Waals surface area contributed by atoms with Crippen molar-refractivity contribution in [2.45, 2.75) is 59.0 Å². The molecule has 2 nitrogen and oxygen atoms in total. The minimum Gasteiger partial charge on any atom is -0.395 e. The molecule has 4 unspecified atom stereocenters. The molecule has 15 heavy (non-hydrogen) atoms. The van der Waals surface area contributed by atoms with Gasteiger partial charge in [0.15, 0.2) is 0 Å². The molecule has 4 atom stereocenters. The predicted molar refractivity (Wildman–Crippen MR) is 64.8 cm³/mol. The normalized spacial score (nSPS) is 34.4. The van der Waals surface area contributed by atoms with Crippen LogP contribution in [0.2, 0.25) is 0 Å². The van der Waals surface area contributed by atoms with Gasteiger partial charge >= 0.3 is 0 Å². The lowest BCUT2D eigenvalue weighted by atomic mass is 9.77. The van der Waals surface area contributed by atoms with E-state index in [0.717, 1.165) is 11.8 Å². The van der Waals surface area contributed by atoms with Gasteiger partial charge in [-0.2, -0.15) is 0 Å². The summed E-state index contributed by atoms with van der Waals surface area (Å²) in [6, 6.07) is 0.871. The second-order valence-electron chi connectivity index (χ2n) is 5.57. The molecule has 0 radical (unpaired) electrons. The molecule has 1 rings (SSSR count). The first-order valence-corrected chi connectivity index (χ1v) is 6.43. The predicted octanol–water partition coefficient (Wildman–Crippen LogP) is 2.42. The van der Waals surface area contributed by atoms with Crippen molar-refractivity contribution < 1.29 is 5.11 Å².